The Morgan fingerprint density at radius 2 is 1.58 bits per heavy atom. The van der Waals surface area contributed by atoms with Crippen LogP contribution < -0.4 is 15.2 Å². The summed E-state index contributed by atoms with van der Waals surface area (Å²) < 4.78 is 23.5. The third-order valence-electron chi connectivity index (χ3n) is 2.98. The molecule has 2 rings (SSSR count). The first kappa shape index (κ1) is 13.4. The average molecular weight is 261 g/mol. The Bertz CT molecular complexity index is 567. The van der Waals surface area contributed by atoms with Crippen LogP contribution in [-0.2, 0) is 6.54 Å². The highest BCUT2D eigenvalue weighted by Gasteiger charge is 2.11. The van der Waals surface area contributed by atoms with E-state index in [0.717, 1.165) is 16.7 Å². The number of halogens is 1. The predicted molar refractivity (Wildman–Crippen MR) is 72.8 cm³/mol. The molecule has 0 spiro atoms. The van der Waals surface area contributed by atoms with Gasteiger partial charge in [0.25, 0.3) is 0 Å². The summed E-state index contributed by atoms with van der Waals surface area (Å²) in [6, 6.07) is 9.98. The average Bonchev–Trinajstić information content (AvgIpc) is 2.46. The van der Waals surface area contributed by atoms with Crippen LogP contribution in [0.2, 0.25) is 0 Å². The van der Waals surface area contributed by atoms with Crippen molar-refractivity contribution in [1.82, 2.24) is 0 Å². The zero-order valence-electron chi connectivity index (χ0n) is 10.9. The second-order valence-corrected chi connectivity index (χ2v) is 4.08. The molecule has 0 heterocycles. The van der Waals surface area contributed by atoms with Gasteiger partial charge in [0.1, 0.15) is 5.82 Å². The smallest absolute Gasteiger partial charge is 0.161 e. The van der Waals surface area contributed by atoms with E-state index in [2.05, 4.69) is 0 Å². The molecule has 19 heavy (non-hydrogen) atoms. The zero-order valence-corrected chi connectivity index (χ0v) is 10.9. The van der Waals surface area contributed by atoms with E-state index in [1.54, 1.807) is 26.4 Å². The van der Waals surface area contributed by atoms with Crippen molar-refractivity contribution in [1.29, 1.82) is 0 Å². The molecule has 0 aliphatic carbocycles. The highest BCUT2D eigenvalue weighted by atomic mass is 19.1. The van der Waals surface area contributed by atoms with Gasteiger partial charge in [-0.15, -0.1) is 0 Å². The molecule has 2 aromatic carbocycles. The molecule has 0 aliphatic rings. The molecule has 0 aromatic heterocycles. The number of hydrogen-bond donors (Lipinski definition) is 1. The van der Waals surface area contributed by atoms with E-state index in [0.29, 0.717) is 18.0 Å². The summed E-state index contributed by atoms with van der Waals surface area (Å²) in [6.07, 6.45) is 0. The molecule has 0 fully saturated rings. The summed E-state index contributed by atoms with van der Waals surface area (Å²) in [4.78, 5) is 0. The van der Waals surface area contributed by atoms with E-state index >= 15 is 0 Å². The van der Waals surface area contributed by atoms with Gasteiger partial charge in [0.05, 0.1) is 14.2 Å². The summed E-state index contributed by atoms with van der Waals surface area (Å²) in [6.45, 7) is 0.368. The van der Waals surface area contributed by atoms with Crippen molar-refractivity contribution < 1.29 is 13.9 Å². The van der Waals surface area contributed by atoms with Crippen LogP contribution in [0.15, 0.2) is 36.4 Å². The number of methoxy groups -OCH3 is 2. The first-order valence-corrected chi connectivity index (χ1v) is 5.90. The predicted octanol–water partition coefficient (Wildman–Crippen LogP) is 2.97. The summed E-state index contributed by atoms with van der Waals surface area (Å²) in [5.41, 5.74) is 8.49. The van der Waals surface area contributed by atoms with E-state index < -0.39 is 0 Å². The maximum Gasteiger partial charge on any atom is 0.161 e. The van der Waals surface area contributed by atoms with Crippen LogP contribution in [0.1, 0.15) is 5.56 Å². The minimum atomic E-state index is -0.265. The lowest BCUT2D eigenvalue weighted by molar-refractivity contribution is 0.354. The fourth-order valence-corrected chi connectivity index (χ4v) is 1.99. The Labute approximate surface area is 111 Å². The van der Waals surface area contributed by atoms with Crippen LogP contribution in [0.5, 0.6) is 11.5 Å². The van der Waals surface area contributed by atoms with Crippen molar-refractivity contribution in [2.75, 3.05) is 14.2 Å². The maximum absolute atomic E-state index is 13.0. The minimum Gasteiger partial charge on any atom is -0.493 e. The molecular weight excluding hydrogens is 245 g/mol. The minimum absolute atomic E-state index is 0.265. The van der Waals surface area contributed by atoms with Gasteiger partial charge in [0.15, 0.2) is 11.5 Å². The molecule has 2 aromatic rings. The van der Waals surface area contributed by atoms with Crippen molar-refractivity contribution in [3.63, 3.8) is 0 Å². The van der Waals surface area contributed by atoms with E-state index in [1.165, 1.54) is 12.1 Å². The number of nitrogens with two attached hydrogens (primary N) is 1. The van der Waals surface area contributed by atoms with Gasteiger partial charge in [0, 0.05) is 6.54 Å². The molecule has 0 saturated heterocycles. The first-order valence-electron chi connectivity index (χ1n) is 5.90. The molecule has 0 radical (unpaired) electrons. The second-order valence-electron chi connectivity index (χ2n) is 4.08. The summed E-state index contributed by atoms with van der Waals surface area (Å²) in [5.74, 6) is 0.992. The Balaban J connectivity index is 2.57. The molecule has 0 bridgehead atoms. The quantitative estimate of drug-likeness (QED) is 0.920. The van der Waals surface area contributed by atoms with Crippen LogP contribution in [0.4, 0.5) is 4.39 Å². The summed E-state index contributed by atoms with van der Waals surface area (Å²) >= 11 is 0. The highest BCUT2D eigenvalue weighted by Crippen LogP contribution is 2.35. The summed E-state index contributed by atoms with van der Waals surface area (Å²) in [5, 5.41) is 0. The number of hydrogen-bond acceptors (Lipinski definition) is 3. The van der Waals surface area contributed by atoms with E-state index in [1.807, 2.05) is 12.1 Å². The molecule has 0 saturated carbocycles. The lowest BCUT2D eigenvalue weighted by Crippen LogP contribution is -2.01. The Morgan fingerprint density at radius 3 is 2.11 bits per heavy atom. The molecule has 0 unspecified atom stereocenters. The molecule has 2 N–H and O–H groups in total. The fraction of sp³-hybridized carbons (Fsp3) is 0.200. The lowest BCUT2D eigenvalue weighted by Gasteiger charge is -2.14. The third kappa shape index (κ3) is 2.69. The molecule has 4 heteroatoms. The zero-order chi connectivity index (χ0) is 13.8. The Kier molecular flexibility index (Phi) is 4.02. The van der Waals surface area contributed by atoms with E-state index in [4.69, 9.17) is 15.2 Å². The van der Waals surface area contributed by atoms with Gasteiger partial charge in [0.2, 0.25) is 0 Å². The first-order chi connectivity index (χ1) is 9.19. The third-order valence-corrected chi connectivity index (χ3v) is 2.98. The van der Waals surface area contributed by atoms with Crippen molar-refractivity contribution in [3.05, 3.63) is 47.8 Å². The standard InChI is InChI=1S/C15H16FNO2/c1-18-14-7-11(9-17)13(8-15(14)19-2)10-3-5-12(16)6-4-10/h3-8H,9,17H2,1-2H3. The summed E-state index contributed by atoms with van der Waals surface area (Å²) in [7, 11) is 3.16. The van der Waals surface area contributed by atoms with Gasteiger partial charge in [-0.1, -0.05) is 12.1 Å². The van der Waals surface area contributed by atoms with Crippen LogP contribution in [0.25, 0.3) is 11.1 Å². The number of benzene rings is 2. The molecule has 0 atom stereocenters. The van der Waals surface area contributed by atoms with E-state index in [-0.39, 0.29) is 5.82 Å². The van der Waals surface area contributed by atoms with Crippen LogP contribution in [0.3, 0.4) is 0 Å². The maximum atomic E-state index is 13.0. The van der Waals surface area contributed by atoms with Crippen molar-refractivity contribution in [2.24, 2.45) is 5.73 Å². The fourth-order valence-electron chi connectivity index (χ4n) is 1.99. The number of ether oxygens (including phenoxy) is 2. The molecule has 0 amide bonds. The van der Waals surface area contributed by atoms with Crippen molar-refractivity contribution in [3.8, 4) is 22.6 Å². The number of rotatable bonds is 4. The van der Waals surface area contributed by atoms with Crippen LogP contribution in [-0.4, -0.2) is 14.2 Å². The van der Waals surface area contributed by atoms with Crippen molar-refractivity contribution >= 4 is 0 Å². The Morgan fingerprint density at radius 1 is 1.00 bits per heavy atom. The van der Waals surface area contributed by atoms with Gasteiger partial charge >= 0.3 is 0 Å². The molecule has 3 nitrogen and oxygen atoms in total. The molecular formula is C15H16FNO2. The largest absolute Gasteiger partial charge is 0.493 e. The highest BCUT2D eigenvalue weighted by molar-refractivity contribution is 5.71. The SMILES string of the molecule is COc1cc(CN)c(-c2ccc(F)cc2)cc1OC. The van der Waals surface area contributed by atoms with Crippen molar-refractivity contribution in [2.45, 2.75) is 6.54 Å². The lowest BCUT2D eigenvalue weighted by atomic mass is 9.99. The van der Waals surface area contributed by atoms with Gasteiger partial charge in [-0.05, 0) is 41.0 Å². The van der Waals surface area contributed by atoms with Gasteiger partial charge < -0.3 is 15.2 Å². The van der Waals surface area contributed by atoms with Gasteiger partial charge in [-0.25, -0.2) is 4.39 Å². The monoisotopic (exact) mass is 261 g/mol. The molecule has 0 aliphatic heterocycles. The van der Waals surface area contributed by atoms with Gasteiger partial charge in [-0.3, -0.25) is 0 Å². The Hall–Kier alpha value is -2.07. The second kappa shape index (κ2) is 5.71. The normalized spacial score (nSPS) is 10.3. The van der Waals surface area contributed by atoms with Gasteiger partial charge in [-0.2, -0.15) is 0 Å². The van der Waals surface area contributed by atoms with Crippen LogP contribution >= 0.6 is 0 Å². The van der Waals surface area contributed by atoms with Crippen LogP contribution in [0, 0.1) is 5.82 Å². The topological polar surface area (TPSA) is 44.5 Å². The van der Waals surface area contributed by atoms with E-state index in [9.17, 15) is 4.39 Å². The molecule has 100 valence electrons.